The summed E-state index contributed by atoms with van der Waals surface area (Å²) in [4.78, 5) is 4.48. The Kier molecular flexibility index (Phi) is 3.71. The van der Waals surface area contributed by atoms with Gasteiger partial charge in [0, 0.05) is 10.0 Å². The minimum atomic E-state index is 0.221. The van der Waals surface area contributed by atoms with E-state index >= 15 is 0 Å². The molecule has 0 radical (unpaired) electrons. The number of phenols is 1. The predicted octanol–water partition coefficient (Wildman–Crippen LogP) is 2.11. The Bertz CT molecular complexity index is 302. The summed E-state index contributed by atoms with van der Waals surface area (Å²) in [5.41, 5.74) is 1.59. The molecule has 3 N–H and O–H groups in total. The number of aromatic hydroxyl groups is 1. The molecular formula is C9H12BrNO2. The molecule has 0 aliphatic heterocycles. The minimum absolute atomic E-state index is 0.221. The van der Waals surface area contributed by atoms with E-state index in [1.165, 1.54) is 0 Å². The van der Waals surface area contributed by atoms with E-state index in [0.717, 1.165) is 16.5 Å². The van der Waals surface area contributed by atoms with E-state index in [0.29, 0.717) is 5.56 Å². The van der Waals surface area contributed by atoms with Crippen molar-refractivity contribution in [3.05, 3.63) is 27.7 Å². The molecule has 0 aliphatic carbocycles. The fourth-order valence-corrected chi connectivity index (χ4v) is 1.74. The molecule has 1 aromatic carbocycles. The van der Waals surface area contributed by atoms with E-state index in [1.54, 1.807) is 6.07 Å². The number of halogens is 1. The number of benzene rings is 1. The molecule has 0 unspecified atom stereocenters. The average molecular weight is 246 g/mol. The van der Waals surface area contributed by atoms with Gasteiger partial charge in [0.25, 0.3) is 0 Å². The molecule has 0 spiro atoms. The summed E-state index contributed by atoms with van der Waals surface area (Å²) in [6, 6.07) is 3.68. The van der Waals surface area contributed by atoms with Crippen LogP contribution in [-0.2, 0) is 17.9 Å². The van der Waals surface area contributed by atoms with Gasteiger partial charge in [-0.3, -0.25) is 4.84 Å². The Hall–Kier alpha value is -0.580. The summed E-state index contributed by atoms with van der Waals surface area (Å²) in [6.45, 7) is 2.20. The Morgan fingerprint density at radius 1 is 1.46 bits per heavy atom. The van der Waals surface area contributed by atoms with Gasteiger partial charge in [-0.05, 0) is 24.1 Å². The van der Waals surface area contributed by atoms with Crippen LogP contribution in [0.3, 0.4) is 0 Å². The summed E-state index contributed by atoms with van der Waals surface area (Å²) in [6.07, 6.45) is 0.781. The van der Waals surface area contributed by atoms with Crippen LogP contribution in [0, 0.1) is 0 Å². The molecule has 13 heavy (non-hydrogen) atoms. The number of hydrogen-bond acceptors (Lipinski definition) is 3. The summed E-state index contributed by atoms with van der Waals surface area (Å²) in [7, 11) is 0. The van der Waals surface area contributed by atoms with Gasteiger partial charge in [-0.1, -0.05) is 22.9 Å². The van der Waals surface area contributed by atoms with Crippen molar-refractivity contribution in [1.82, 2.24) is 0 Å². The van der Waals surface area contributed by atoms with Crippen LogP contribution in [0.4, 0.5) is 0 Å². The van der Waals surface area contributed by atoms with Crippen LogP contribution in [0.2, 0.25) is 0 Å². The zero-order valence-electron chi connectivity index (χ0n) is 7.38. The molecular weight excluding hydrogens is 234 g/mol. The largest absolute Gasteiger partial charge is 0.507 e. The first kappa shape index (κ1) is 10.5. The van der Waals surface area contributed by atoms with Gasteiger partial charge in [0.2, 0.25) is 0 Å². The molecule has 1 aromatic rings. The van der Waals surface area contributed by atoms with Crippen molar-refractivity contribution < 1.29 is 9.94 Å². The first-order valence-electron chi connectivity index (χ1n) is 4.01. The topological polar surface area (TPSA) is 55.5 Å². The Morgan fingerprint density at radius 2 is 2.08 bits per heavy atom. The maximum atomic E-state index is 9.69. The number of rotatable bonds is 3. The second kappa shape index (κ2) is 4.60. The lowest BCUT2D eigenvalue weighted by molar-refractivity contribution is 0.122. The molecule has 0 saturated heterocycles. The van der Waals surface area contributed by atoms with Gasteiger partial charge < -0.3 is 5.11 Å². The third-order valence-corrected chi connectivity index (χ3v) is 2.31. The van der Waals surface area contributed by atoms with Gasteiger partial charge in [-0.15, -0.1) is 0 Å². The van der Waals surface area contributed by atoms with E-state index in [-0.39, 0.29) is 12.4 Å². The monoisotopic (exact) mass is 245 g/mol. The second-order valence-corrected chi connectivity index (χ2v) is 3.65. The SMILES string of the molecule is CCc1cc(Br)cc(CON)c1O. The summed E-state index contributed by atoms with van der Waals surface area (Å²) in [5, 5.41) is 9.69. The maximum Gasteiger partial charge on any atom is 0.124 e. The summed E-state index contributed by atoms with van der Waals surface area (Å²) >= 11 is 3.35. The van der Waals surface area contributed by atoms with Crippen molar-refractivity contribution >= 4 is 15.9 Å². The van der Waals surface area contributed by atoms with Crippen molar-refractivity contribution in [2.75, 3.05) is 0 Å². The van der Waals surface area contributed by atoms with Gasteiger partial charge in [0.05, 0.1) is 6.61 Å². The average Bonchev–Trinajstić information content (AvgIpc) is 2.11. The molecule has 0 aromatic heterocycles. The normalized spacial score (nSPS) is 10.4. The number of aryl methyl sites for hydroxylation is 1. The molecule has 3 nitrogen and oxygen atoms in total. The van der Waals surface area contributed by atoms with Crippen molar-refractivity contribution in [3.8, 4) is 5.75 Å². The first-order chi connectivity index (χ1) is 6.19. The molecule has 0 fully saturated rings. The highest BCUT2D eigenvalue weighted by molar-refractivity contribution is 9.10. The lowest BCUT2D eigenvalue weighted by Gasteiger charge is -2.08. The molecule has 72 valence electrons. The van der Waals surface area contributed by atoms with Gasteiger partial charge in [-0.2, -0.15) is 0 Å². The fourth-order valence-electron chi connectivity index (χ4n) is 1.19. The highest BCUT2D eigenvalue weighted by atomic mass is 79.9. The quantitative estimate of drug-likeness (QED) is 0.803. The van der Waals surface area contributed by atoms with E-state index in [9.17, 15) is 5.11 Å². The van der Waals surface area contributed by atoms with Crippen LogP contribution in [-0.4, -0.2) is 5.11 Å². The first-order valence-corrected chi connectivity index (χ1v) is 4.80. The van der Waals surface area contributed by atoms with Crippen molar-refractivity contribution in [2.45, 2.75) is 20.0 Å². The Balaban J connectivity index is 3.11. The van der Waals surface area contributed by atoms with E-state index in [4.69, 9.17) is 5.90 Å². The van der Waals surface area contributed by atoms with Crippen LogP contribution in [0.15, 0.2) is 16.6 Å². The lowest BCUT2D eigenvalue weighted by atomic mass is 10.1. The maximum absolute atomic E-state index is 9.69. The zero-order valence-corrected chi connectivity index (χ0v) is 8.97. The van der Waals surface area contributed by atoms with Crippen molar-refractivity contribution in [1.29, 1.82) is 0 Å². The molecule has 0 bridgehead atoms. The molecule has 0 heterocycles. The number of nitrogens with two attached hydrogens (primary N) is 1. The van der Waals surface area contributed by atoms with Gasteiger partial charge in [0.15, 0.2) is 0 Å². The molecule has 0 atom stereocenters. The lowest BCUT2D eigenvalue weighted by Crippen LogP contribution is -2.00. The zero-order chi connectivity index (χ0) is 9.84. The molecule has 1 rings (SSSR count). The minimum Gasteiger partial charge on any atom is -0.507 e. The molecule has 0 saturated carbocycles. The number of hydrogen-bond donors (Lipinski definition) is 2. The van der Waals surface area contributed by atoms with E-state index in [2.05, 4.69) is 20.8 Å². The smallest absolute Gasteiger partial charge is 0.124 e. The predicted molar refractivity (Wildman–Crippen MR) is 54.2 cm³/mol. The Labute approximate surface area is 85.6 Å². The molecule has 0 amide bonds. The van der Waals surface area contributed by atoms with Gasteiger partial charge in [0.1, 0.15) is 5.75 Å². The standard InChI is InChI=1S/C9H12BrNO2/c1-2-6-3-8(10)4-7(5-13-11)9(6)12/h3-4,12H,2,5,11H2,1H3. The van der Waals surface area contributed by atoms with E-state index in [1.807, 2.05) is 13.0 Å². The fraction of sp³-hybridized carbons (Fsp3) is 0.333. The summed E-state index contributed by atoms with van der Waals surface area (Å²) < 4.78 is 0.925. The van der Waals surface area contributed by atoms with Crippen molar-refractivity contribution in [3.63, 3.8) is 0 Å². The summed E-state index contributed by atoms with van der Waals surface area (Å²) in [5.74, 6) is 5.22. The third-order valence-electron chi connectivity index (χ3n) is 1.85. The van der Waals surface area contributed by atoms with Crippen LogP contribution < -0.4 is 5.90 Å². The van der Waals surface area contributed by atoms with Gasteiger partial charge >= 0.3 is 0 Å². The van der Waals surface area contributed by atoms with Crippen LogP contribution >= 0.6 is 15.9 Å². The Morgan fingerprint density at radius 3 is 2.62 bits per heavy atom. The highest BCUT2D eigenvalue weighted by Gasteiger charge is 2.07. The van der Waals surface area contributed by atoms with Crippen molar-refractivity contribution in [2.24, 2.45) is 5.90 Å². The van der Waals surface area contributed by atoms with Crippen LogP contribution in [0.1, 0.15) is 18.1 Å². The second-order valence-electron chi connectivity index (χ2n) is 2.74. The highest BCUT2D eigenvalue weighted by Crippen LogP contribution is 2.28. The molecule has 4 heteroatoms. The third kappa shape index (κ3) is 2.43. The number of phenolic OH excluding ortho intramolecular Hbond substituents is 1. The van der Waals surface area contributed by atoms with Crippen LogP contribution in [0.25, 0.3) is 0 Å². The molecule has 0 aliphatic rings. The van der Waals surface area contributed by atoms with E-state index < -0.39 is 0 Å². The van der Waals surface area contributed by atoms with Crippen LogP contribution in [0.5, 0.6) is 5.75 Å². The van der Waals surface area contributed by atoms with Gasteiger partial charge in [-0.25, -0.2) is 5.90 Å².